The number of nitrogens with zero attached hydrogens (tertiary/aromatic N) is 4. The number of non-ortho nitro benzene ring substituents is 1. The Morgan fingerprint density at radius 1 is 1.17 bits per heavy atom. The van der Waals surface area contributed by atoms with Crippen LogP contribution in [0.15, 0.2) is 65.6 Å². The number of likely N-dealkylation sites (tertiary alicyclic amines) is 1. The van der Waals surface area contributed by atoms with Gasteiger partial charge in [0.1, 0.15) is 0 Å². The molecule has 2 N–H and O–H groups in total. The van der Waals surface area contributed by atoms with E-state index < -0.39 is 42.3 Å². The number of pyridine rings is 1. The molecule has 48 heavy (non-hydrogen) atoms. The molecule has 2 fully saturated rings. The number of amides is 2. The molecular formula is C34H40N4O9Si. The lowest BCUT2D eigenvalue weighted by Gasteiger charge is -2.32. The number of nitro groups is 1. The van der Waals surface area contributed by atoms with Crippen molar-refractivity contribution in [2.24, 2.45) is 5.92 Å². The van der Waals surface area contributed by atoms with Gasteiger partial charge in [0.25, 0.3) is 17.2 Å². The lowest BCUT2D eigenvalue weighted by molar-refractivity contribution is -0.385. The highest BCUT2D eigenvalue weighted by Gasteiger charge is 2.66. The van der Waals surface area contributed by atoms with Crippen molar-refractivity contribution < 1.29 is 33.9 Å². The lowest BCUT2D eigenvalue weighted by atomic mass is 9.82. The van der Waals surface area contributed by atoms with E-state index in [-0.39, 0.29) is 48.5 Å². The van der Waals surface area contributed by atoms with E-state index in [2.05, 4.69) is 0 Å². The van der Waals surface area contributed by atoms with E-state index in [1.165, 1.54) is 28.7 Å². The molecule has 2 saturated heterocycles. The minimum absolute atomic E-state index is 0.0904. The highest BCUT2D eigenvalue weighted by Crippen LogP contribution is 2.60. The molecule has 2 aromatic carbocycles. The van der Waals surface area contributed by atoms with E-state index >= 15 is 0 Å². The number of carbonyl (C=O) groups is 2. The van der Waals surface area contributed by atoms with Crippen molar-refractivity contribution in [3.05, 3.63) is 92.4 Å². The fourth-order valence-electron chi connectivity index (χ4n) is 7.96. The number of ether oxygens (including phenoxy) is 2. The molecule has 4 heterocycles. The molecule has 0 aliphatic carbocycles. The van der Waals surface area contributed by atoms with E-state index in [1.807, 2.05) is 6.92 Å². The molecule has 6 rings (SSSR count). The number of fused-ring (bicyclic) bond motifs is 2. The van der Waals surface area contributed by atoms with Crippen LogP contribution in [-0.4, -0.2) is 76.8 Å². The average Bonchev–Trinajstić information content (AvgIpc) is 3.71. The van der Waals surface area contributed by atoms with Gasteiger partial charge in [-0.1, -0.05) is 19.1 Å². The van der Waals surface area contributed by atoms with E-state index in [1.54, 1.807) is 66.7 Å². The fourth-order valence-corrected chi connectivity index (χ4v) is 10.5. The number of aliphatic hydroxyl groups excluding tert-OH is 1. The summed E-state index contributed by atoms with van der Waals surface area (Å²) < 4.78 is 13.3. The van der Waals surface area contributed by atoms with Gasteiger partial charge in [-0.3, -0.25) is 29.1 Å². The number of methoxy groups -OCH3 is 1. The summed E-state index contributed by atoms with van der Waals surface area (Å²) in [5.74, 6) is -1.06. The largest absolute Gasteiger partial charge is 0.491 e. The number of nitro benzene ring substituents is 1. The monoisotopic (exact) mass is 676 g/mol. The predicted molar refractivity (Wildman–Crippen MR) is 178 cm³/mol. The standard InChI is InChI=1S/C34H40N4O9Si/c1-21-31(48(3,4)45)29(18-30(40)35-15-5-7-25(35)20-39)47-34(21)26-17-24(38(43)44)13-14-27(26)37(33(34)42)19-22-9-11-23(12-10-22)36-16-6-8-28(46-2)32(36)41/h6,8-14,16-17,21,25,29,31,39,45H,5,7,15,18-20H2,1-4H3/t21-,25-,29+,31-,34+/m0/s1. The Morgan fingerprint density at radius 3 is 2.54 bits per heavy atom. The van der Waals surface area contributed by atoms with Crippen molar-refractivity contribution in [3.8, 4) is 11.4 Å². The van der Waals surface area contributed by atoms with E-state index in [9.17, 15) is 34.4 Å². The molecule has 0 saturated carbocycles. The second-order valence-electron chi connectivity index (χ2n) is 13.4. The zero-order valence-electron chi connectivity index (χ0n) is 27.4. The molecule has 0 radical (unpaired) electrons. The highest BCUT2D eigenvalue weighted by molar-refractivity contribution is 6.71. The molecular weight excluding hydrogens is 636 g/mol. The number of aromatic nitrogens is 1. The summed E-state index contributed by atoms with van der Waals surface area (Å²) in [5.41, 5.74) is -0.614. The first kappa shape index (κ1) is 33.5. The molecule has 254 valence electrons. The second kappa shape index (κ2) is 12.6. The molecule has 5 atom stereocenters. The summed E-state index contributed by atoms with van der Waals surface area (Å²) in [6.45, 7) is 5.78. The van der Waals surface area contributed by atoms with Gasteiger partial charge in [-0.05, 0) is 61.8 Å². The number of carbonyl (C=O) groups excluding carboxylic acids is 2. The van der Waals surface area contributed by atoms with Crippen LogP contribution in [0, 0.1) is 16.0 Å². The Bertz CT molecular complexity index is 1810. The normalized spacial score (nSPS) is 25.2. The van der Waals surface area contributed by atoms with Gasteiger partial charge in [0, 0.05) is 47.6 Å². The van der Waals surface area contributed by atoms with Crippen LogP contribution in [0.2, 0.25) is 18.6 Å². The van der Waals surface area contributed by atoms with Gasteiger partial charge in [0.15, 0.2) is 19.7 Å². The summed E-state index contributed by atoms with van der Waals surface area (Å²) in [5, 5.41) is 21.7. The molecule has 1 spiro atoms. The number of hydrogen-bond donors (Lipinski definition) is 2. The minimum atomic E-state index is -3.09. The summed E-state index contributed by atoms with van der Waals surface area (Å²) >= 11 is 0. The Hall–Kier alpha value is -4.37. The van der Waals surface area contributed by atoms with Gasteiger partial charge in [-0.15, -0.1) is 0 Å². The highest BCUT2D eigenvalue weighted by atomic mass is 28.4. The van der Waals surface area contributed by atoms with Crippen LogP contribution in [0.3, 0.4) is 0 Å². The van der Waals surface area contributed by atoms with Crippen molar-refractivity contribution >= 4 is 31.5 Å². The van der Waals surface area contributed by atoms with Gasteiger partial charge >= 0.3 is 0 Å². The zero-order chi connectivity index (χ0) is 34.5. The van der Waals surface area contributed by atoms with Crippen LogP contribution in [0.25, 0.3) is 5.69 Å². The van der Waals surface area contributed by atoms with Crippen LogP contribution >= 0.6 is 0 Å². The summed E-state index contributed by atoms with van der Waals surface area (Å²) in [6.07, 6.45) is 2.18. The minimum Gasteiger partial charge on any atom is -0.491 e. The second-order valence-corrected chi connectivity index (χ2v) is 17.4. The molecule has 3 aromatic rings. The number of aliphatic hydroxyl groups is 1. The number of benzene rings is 2. The third kappa shape index (κ3) is 5.51. The fraction of sp³-hybridized carbons (Fsp3) is 0.441. The SMILES string of the molecule is COc1cccn(-c2ccc(CN3C(=O)[C@]4(O[C@H](CC(=O)N5CCC[C@H]5CO)[C@@H]([Si](C)(C)O)[C@@H]4C)c4cc([N+](=O)[O-])ccc43)cc2)c1=O. The van der Waals surface area contributed by atoms with Crippen LogP contribution in [0.5, 0.6) is 5.75 Å². The summed E-state index contributed by atoms with van der Waals surface area (Å²) in [4.78, 5) is 67.2. The van der Waals surface area contributed by atoms with Gasteiger partial charge < -0.3 is 29.2 Å². The van der Waals surface area contributed by atoms with Gasteiger partial charge in [0.05, 0.1) is 49.4 Å². The third-order valence-corrected chi connectivity index (χ3v) is 12.7. The van der Waals surface area contributed by atoms with Crippen molar-refractivity contribution in [2.45, 2.75) is 69.1 Å². The molecule has 13 nitrogen and oxygen atoms in total. The first-order valence-electron chi connectivity index (χ1n) is 16.1. The first-order chi connectivity index (χ1) is 22.8. The Labute approximate surface area is 278 Å². The Balaban J connectivity index is 1.37. The van der Waals surface area contributed by atoms with Crippen LogP contribution in [-0.2, 0) is 26.5 Å². The maximum atomic E-state index is 14.7. The lowest BCUT2D eigenvalue weighted by Crippen LogP contribution is -2.46. The third-order valence-electron chi connectivity index (χ3n) is 10.1. The van der Waals surface area contributed by atoms with Gasteiger partial charge in [-0.25, -0.2) is 0 Å². The molecule has 14 heteroatoms. The van der Waals surface area contributed by atoms with E-state index in [0.717, 1.165) is 12.0 Å². The number of anilines is 1. The van der Waals surface area contributed by atoms with Gasteiger partial charge in [-0.2, -0.15) is 0 Å². The number of hydrogen-bond acceptors (Lipinski definition) is 9. The van der Waals surface area contributed by atoms with Crippen molar-refractivity contribution in [3.63, 3.8) is 0 Å². The predicted octanol–water partition coefficient (Wildman–Crippen LogP) is 3.47. The average molecular weight is 677 g/mol. The summed E-state index contributed by atoms with van der Waals surface area (Å²) in [6, 6.07) is 14.4. The maximum absolute atomic E-state index is 14.7. The first-order valence-corrected chi connectivity index (χ1v) is 19.1. The van der Waals surface area contributed by atoms with Crippen LogP contribution in [0.1, 0.15) is 37.3 Å². The molecule has 1 aromatic heterocycles. The van der Waals surface area contributed by atoms with Crippen LogP contribution < -0.4 is 15.2 Å². The quantitative estimate of drug-likeness (QED) is 0.196. The number of rotatable bonds is 9. The molecule has 3 aliphatic heterocycles. The Kier molecular flexibility index (Phi) is 8.79. The van der Waals surface area contributed by atoms with Crippen molar-refractivity contribution in [2.75, 3.05) is 25.2 Å². The van der Waals surface area contributed by atoms with E-state index in [0.29, 0.717) is 29.9 Å². The molecule has 3 aliphatic rings. The van der Waals surface area contributed by atoms with E-state index in [4.69, 9.17) is 9.47 Å². The topological polar surface area (TPSA) is 165 Å². The van der Waals surface area contributed by atoms with Gasteiger partial charge in [0.2, 0.25) is 5.91 Å². The smallest absolute Gasteiger partial charge is 0.297 e. The maximum Gasteiger partial charge on any atom is 0.297 e. The zero-order valence-corrected chi connectivity index (χ0v) is 28.4. The Morgan fingerprint density at radius 2 is 1.90 bits per heavy atom. The van der Waals surface area contributed by atoms with Crippen molar-refractivity contribution in [1.29, 1.82) is 0 Å². The van der Waals surface area contributed by atoms with Crippen molar-refractivity contribution in [1.82, 2.24) is 9.47 Å². The molecule has 2 amide bonds. The molecule has 0 unspecified atom stereocenters. The summed E-state index contributed by atoms with van der Waals surface area (Å²) in [7, 11) is -1.67. The molecule has 0 bridgehead atoms. The van der Waals surface area contributed by atoms with Crippen LogP contribution in [0.4, 0.5) is 11.4 Å².